The number of ether oxygens (including phenoxy) is 1. The zero-order valence-electron chi connectivity index (χ0n) is 8.71. The molecule has 1 rings (SSSR count). The van der Waals surface area contributed by atoms with Crippen molar-refractivity contribution >= 4 is 24.5 Å². The van der Waals surface area contributed by atoms with Crippen molar-refractivity contribution in [3.8, 4) is 0 Å². The highest BCUT2D eigenvalue weighted by atomic mass is 32.1. The van der Waals surface area contributed by atoms with Crippen LogP contribution in [0.15, 0.2) is 24.4 Å². The van der Waals surface area contributed by atoms with E-state index in [2.05, 4.69) is 27.7 Å². The van der Waals surface area contributed by atoms with Crippen molar-refractivity contribution in [1.82, 2.24) is 10.3 Å². The highest BCUT2D eigenvalue weighted by molar-refractivity contribution is 7.80. The average molecular weight is 240 g/mol. The minimum atomic E-state index is -0.761. The summed E-state index contributed by atoms with van der Waals surface area (Å²) >= 11 is 3.96. The first-order valence-corrected chi connectivity index (χ1v) is 5.23. The summed E-state index contributed by atoms with van der Waals surface area (Å²) in [6.45, 7) is 0. The summed E-state index contributed by atoms with van der Waals surface area (Å²) in [5.41, 5.74) is 0.248. The van der Waals surface area contributed by atoms with Gasteiger partial charge in [-0.25, -0.2) is 4.79 Å². The lowest BCUT2D eigenvalue weighted by atomic mass is 10.3. The third-order valence-electron chi connectivity index (χ3n) is 1.87. The van der Waals surface area contributed by atoms with E-state index in [1.165, 1.54) is 13.3 Å². The lowest BCUT2D eigenvalue weighted by molar-refractivity contribution is -0.142. The first-order valence-electron chi connectivity index (χ1n) is 4.59. The van der Waals surface area contributed by atoms with Gasteiger partial charge in [-0.05, 0) is 12.1 Å². The van der Waals surface area contributed by atoms with Gasteiger partial charge >= 0.3 is 5.97 Å². The molecule has 1 atom stereocenters. The molecule has 86 valence electrons. The fourth-order valence-corrected chi connectivity index (χ4v) is 1.29. The summed E-state index contributed by atoms with van der Waals surface area (Å²) in [6, 6.07) is 4.19. The number of amides is 1. The summed E-state index contributed by atoms with van der Waals surface area (Å²) in [7, 11) is 1.26. The molecule has 1 aromatic rings. The largest absolute Gasteiger partial charge is 0.467 e. The zero-order chi connectivity index (χ0) is 12.0. The van der Waals surface area contributed by atoms with E-state index in [-0.39, 0.29) is 11.4 Å². The second kappa shape index (κ2) is 6.12. The normalized spacial score (nSPS) is 11.6. The smallest absolute Gasteiger partial charge is 0.329 e. The zero-order valence-corrected chi connectivity index (χ0v) is 9.61. The summed E-state index contributed by atoms with van der Waals surface area (Å²) < 4.78 is 4.52. The second-order valence-electron chi connectivity index (χ2n) is 2.95. The third kappa shape index (κ3) is 3.23. The SMILES string of the molecule is COC(=O)[C@@H](CS)NC(=O)c1ccccn1. The quantitative estimate of drug-likeness (QED) is 0.586. The summed E-state index contributed by atoms with van der Waals surface area (Å²) in [5.74, 6) is -0.782. The summed E-state index contributed by atoms with van der Waals surface area (Å²) in [4.78, 5) is 26.7. The molecule has 16 heavy (non-hydrogen) atoms. The number of carbonyl (C=O) groups excluding carboxylic acids is 2. The Balaban J connectivity index is 2.66. The molecule has 5 nitrogen and oxygen atoms in total. The maximum Gasteiger partial charge on any atom is 0.329 e. The van der Waals surface area contributed by atoms with E-state index >= 15 is 0 Å². The monoisotopic (exact) mass is 240 g/mol. The van der Waals surface area contributed by atoms with E-state index in [4.69, 9.17) is 0 Å². The van der Waals surface area contributed by atoms with Crippen molar-refractivity contribution in [2.24, 2.45) is 0 Å². The molecule has 1 heterocycles. The van der Waals surface area contributed by atoms with Gasteiger partial charge in [-0.15, -0.1) is 0 Å². The Morgan fingerprint density at radius 2 is 2.31 bits per heavy atom. The van der Waals surface area contributed by atoms with Crippen molar-refractivity contribution in [2.75, 3.05) is 12.9 Å². The van der Waals surface area contributed by atoms with E-state index in [9.17, 15) is 9.59 Å². The van der Waals surface area contributed by atoms with Gasteiger partial charge in [0.05, 0.1) is 7.11 Å². The van der Waals surface area contributed by atoms with Gasteiger partial charge in [0.2, 0.25) is 0 Å². The van der Waals surface area contributed by atoms with Crippen LogP contribution in [0.25, 0.3) is 0 Å². The Hall–Kier alpha value is -1.56. The molecule has 0 bridgehead atoms. The molecule has 1 N–H and O–H groups in total. The van der Waals surface area contributed by atoms with E-state index in [0.29, 0.717) is 0 Å². The molecular formula is C10H12N2O3S. The van der Waals surface area contributed by atoms with Crippen LogP contribution in [0.4, 0.5) is 0 Å². The highest BCUT2D eigenvalue weighted by Gasteiger charge is 2.20. The first kappa shape index (κ1) is 12.5. The van der Waals surface area contributed by atoms with Crippen molar-refractivity contribution in [1.29, 1.82) is 0 Å². The fraction of sp³-hybridized carbons (Fsp3) is 0.300. The number of esters is 1. The number of hydrogen-bond donors (Lipinski definition) is 2. The van der Waals surface area contributed by atoms with Crippen molar-refractivity contribution in [3.63, 3.8) is 0 Å². The van der Waals surface area contributed by atoms with Crippen LogP contribution in [-0.4, -0.2) is 35.8 Å². The standard InChI is InChI=1S/C10H12N2O3S/c1-15-10(14)8(6-16)12-9(13)7-4-2-3-5-11-7/h2-5,8,16H,6H2,1H3,(H,12,13)/t8-/m1/s1. The Kier molecular flexibility index (Phi) is 4.78. The average Bonchev–Trinajstić information content (AvgIpc) is 2.35. The molecule has 0 aromatic carbocycles. The van der Waals surface area contributed by atoms with E-state index in [1.807, 2.05) is 0 Å². The lowest BCUT2D eigenvalue weighted by Crippen LogP contribution is -2.43. The Morgan fingerprint density at radius 3 is 2.81 bits per heavy atom. The number of methoxy groups -OCH3 is 1. The van der Waals surface area contributed by atoms with Gasteiger partial charge in [-0.2, -0.15) is 12.6 Å². The number of rotatable bonds is 4. The van der Waals surface area contributed by atoms with Gasteiger partial charge < -0.3 is 10.1 Å². The number of nitrogens with zero attached hydrogens (tertiary/aromatic N) is 1. The number of pyridine rings is 1. The van der Waals surface area contributed by atoms with Crippen molar-refractivity contribution in [2.45, 2.75) is 6.04 Å². The molecule has 0 aliphatic carbocycles. The Bertz CT molecular complexity index is 370. The second-order valence-corrected chi connectivity index (χ2v) is 3.31. The Morgan fingerprint density at radius 1 is 1.56 bits per heavy atom. The Labute approximate surface area is 98.6 Å². The molecular weight excluding hydrogens is 228 g/mol. The van der Waals surface area contributed by atoms with Crippen LogP contribution >= 0.6 is 12.6 Å². The molecule has 0 fully saturated rings. The van der Waals surface area contributed by atoms with Crippen LogP contribution in [0.5, 0.6) is 0 Å². The number of carbonyl (C=O) groups is 2. The van der Waals surface area contributed by atoms with Crippen LogP contribution in [-0.2, 0) is 9.53 Å². The van der Waals surface area contributed by atoms with Gasteiger partial charge in [0.1, 0.15) is 11.7 Å². The third-order valence-corrected chi connectivity index (χ3v) is 2.24. The number of thiol groups is 1. The van der Waals surface area contributed by atoms with Gasteiger partial charge in [0, 0.05) is 11.9 Å². The van der Waals surface area contributed by atoms with Crippen LogP contribution < -0.4 is 5.32 Å². The number of nitrogens with one attached hydrogen (secondary N) is 1. The van der Waals surface area contributed by atoms with E-state index in [0.717, 1.165) is 0 Å². The number of hydrogen-bond acceptors (Lipinski definition) is 5. The van der Waals surface area contributed by atoms with Gasteiger partial charge in [-0.1, -0.05) is 6.07 Å². The molecule has 0 saturated carbocycles. The summed E-state index contributed by atoms with van der Waals surface area (Å²) in [5, 5.41) is 2.48. The minimum absolute atomic E-state index is 0.172. The van der Waals surface area contributed by atoms with Crippen LogP contribution in [0.2, 0.25) is 0 Å². The molecule has 0 saturated heterocycles. The topological polar surface area (TPSA) is 68.3 Å². The highest BCUT2D eigenvalue weighted by Crippen LogP contribution is 1.97. The maximum atomic E-state index is 11.6. The van der Waals surface area contributed by atoms with Crippen LogP contribution in [0.3, 0.4) is 0 Å². The van der Waals surface area contributed by atoms with Gasteiger partial charge in [0.25, 0.3) is 5.91 Å². The van der Waals surface area contributed by atoms with Crippen molar-refractivity contribution in [3.05, 3.63) is 30.1 Å². The molecule has 0 aliphatic rings. The maximum absolute atomic E-state index is 11.6. The fourth-order valence-electron chi connectivity index (χ4n) is 1.05. The van der Waals surface area contributed by atoms with Crippen LogP contribution in [0.1, 0.15) is 10.5 Å². The molecule has 6 heteroatoms. The molecule has 0 aliphatic heterocycles. The first-order chi connectivity index (χ1) is 7.69. The molecule has 0 radical (unpaired) electrons. The summed E-state index contributed by atoms with van der Waals surface area (Å²) in [6.07, 6.45) is 1.50. The van der Waals surface area contributed by atoms with Crippen molar-refractivity contribution < 1.29 is 14.3 Å². The lowest BCUT2D eigenvalue weighted by Gasteiger charge is -2.13. The predicted molar refractivity (Wildman–Crippen MR) is 61.4 cm³/mol. The molecule has 0 spiro atoms. The molecule has 1 aromatic heterocycles. The van der Waals surface area contributed by atoms with E-state index in [1.54, 1.807) is 18.2 Å². The van der Waals surface area contributed by atoms with Gasteiger partial charge in [-0.3, -0.25) is 9.78 Å². The molecule has 0 unspecified atom stereocenters. The molecule has 1 amide bonds. The predicted octanol–water partition coefficient (Wildman–Crippen LogP) is 0.283. The van der Waals surface area contributed by atoms with Gasteiger partial charge in [0.15, 0.2) is 0 Å². The van der Waals surface area contributed by atoms with E-state index < -0.39 is 17.9 Å². The van der Waals surface area contributed by atoms with Crippen LogP contribution in [0, 0.1) is 0 Å². The minimum Gasteiger partial charge on any atom is -0.467 e. The number of aromatic nitrogens is 1.